The molecule has 0 saturated carbocycles. The fourth-order valence-corrected chi connectivity index (χ4v) is 7.19. The summed E-state index contributed by atoms with van der Waals surface area (Å²) in [5, 5.41) is 0. The van der Waals surface area contributed by atoms with Crippen molar-refractivity contribution in [1.82, 2.24) is 0 Å². The number of hydrogen-bond acceptors (Lipinski definition) is 6. The van der Waals surface area contributed by atoms with Crippen LogP contribution in [0.15, 0.2) is 0 Å². The molecule has 0 aromatic rings. The molecule has 0 heterocycles. The van der Waals surface area contributed by atoms with Crippen molar-refractivity contribution >= 4 is 19.5 Å². The van der Waals surface area contributed by atoms with Gasteiger partial charge in [-0.05, 0) is 19.3 Å². The SMILES string of the molecule is CCCCCCCCCCCCCCCC(=O)OCC(CCP(=O)(O)OCC[N+](C)(C)C)OC(=O)CCCCCCCCCCCCCCC. The van der Waals surface area contributed by atoms with Gasteiger partial charge in [0.1, 0.15) is 25.9 Å². The average Bonchev–Trinajstić information content (AvgIpc) is 3.06. The Balaban J connectivity index is 4.36. The van der Waals surface area contributed by atoms with E-state index in [1.54, 1.807) is 0 Å². The number of likely N-dealkylation sites (N-methyl/N-ethyl adjacent to an activating group) is 1. The smallest absolute Gasteiger partial charge is 0.328 e. The molecule has 0 saturated heterocycles. The van der Waals surface area contributed by atoms with E-state index in [0.717, 1.165) is 38.5 Å². The van der Waals surface area contributed by atoms with Crippen LogP contribution < -0.4 is 0 Å². The second kappa shape index (κ2) is 33.9. The van der Waals surface area contributed by atoms with Gasteiger partial charge >= 0.3 is 19.5 Å². The van der Waals surface area contributed by atoms with Gasteiger partial charge in [0.15, 0.2) is 0 Å². The first-order valence-electron chi connectivity index (χ1n) is 21.1. The first-order valence-corrected chi connectivity index (χ1v) is 22.9. The summed E-state index contributed by atoms with van der Waals surface area (Å²) >= 11 is 0. The van der Waals surface area contributed by atoms with Crippen LogP contribution in [0.4, 0.5) is 0 Å². The summed E-state index contributed by atoms with van der Waals surface area (Å²) in [7, 11) is 2.11. The summed E-state index contributed by atoms with van der Waals surface area (Å²) in [5.41, 5.74) is 0. The van der Waals surface area contributed by atoms with E-state index >= 15 is 0 Å². The van der Waals surface area contributed by atoms with Gasteiger partial charge in [0.25, 0.3) is 0 Å². The van der Waals surface area contributed by atoms with Crippen molar-refractivity contribution in [3.63, 3.8) is 0 Å². The molecule has 50 heavy (non-hydrogen) atoms. The third-order valence-electron chi connectivity index (χ3n) is 9.49. The van der Waals surface area contributed by atoms with Crippen LogP contribution in [0.5, 0.6) is 0 Å². The second-order valence-electron chi connectivity index (χ2n) is 15.8. The molecule has 0 aliphatic carbocycles. The molecular formula is C41H83NO7P+. The number of quaternary nitrogens is 1. The Morgan fingerprint density at radius 3 is 1.32 bits per heavy atom. The molecule has 0 radical (unpaired) electrons. The molecule has 2 atom stereocenters. The molecule has 0 spiro atoms. The van der Waals surface area contributed by atoms with E-state index in [9.17, 15) is 19.0 Å². The molecule has 0 aliphatic heterocycles. The zero-order chi connectivity index (χ0) is 37.2. The molecule has 0 amide bonds. The molecule has 0 aromatic carbocycles. The van der Waals surface area contributed by atoms with Crippen molar-refractivity contribution < 1.29 is 37.5 Å². The maximum atomic E-state index is 12.7. The van der Waals surface area contributed by atoms with Crippen LogP contribution in [-0.4, -0.2) is 74.5 Å². The number of carbonyl (C=O) groups excluding carboxylic acids is 2. The standard InChI is InChI=1S/C41H82NO7P/c1-6-8-10-12-14-16-18-20-22-24-26-28-30-32-40(43)47-38-39(34-37-50(45,46)48-36-35-42(3,4)5)49-41(44)33-31-29-27-25-23-21-19-17-15-13-11-9-7-2/h39H,6-38H2,1-5H3/p+1. The predicted molar refractivity (Wildman–Crippen MR) is 210 cm³/mol. The second-order valence-corrected chi connectivity index (χ2v) is 17.8. The van der Waals surface area contributed by atoms with Crippen LogP contribution in [0, 0.1) is 0 Å². The Labute approximate surface area is 309 Å². The molecule has 8 nitrogen and oxygen atoms in total. The topological polar surface area (TPSA) is 99.1 Å². The van der Waals surface area contributed by atoms with Gasteiger partial charge in [-0.3, -0.25) is 14.2 Å². The summed E-state index contributed by atoms with van der Waals surface area (Å²) in [6.07, 6.45) is 32.0. The van der Waals surface area contributed by atoms with Crippen LogP contribution >= 0.6 is 7.60 Å². The zero-order valence-electron chi connectivity index (χ0n) is 33.7. The summed E-state index contributed by atoms with van der Waals surface area (Å²) in [4.78, 5) is 35.5. The van der Waals surface area contributed by atoms with Crippen LogP contribution in [0.2, 0.25) is 0 Å². The Kier molecular flexibility index (Phi) is 33.2. The average molecular weight is 733 g/mol. The van der Waals surface area contributed by atoms with E-state index in [-0.39, 0.29) is 37.7 Å². The number of rotatable bonds is 38. The Hall–Kier alpha value is -0.950. The molecular weight excluding hydrogens is 649 g/mol. The normalized spacial score (nSPS) is 13.6. The van der Waals surface area contributed by atoms with Gasteiger partial charge in [0.05, 0.1) is 27.3 Å². The van der Waals surface area contributed by atoms with Crippen molar-refractivity contribution in [3.05, 3.63) is 0 Å². The molecule has 9 heteroatoms. The van der Waals surface area contributed by atoms with Gasteiger partial charge in [0.2, 0.25) is 0 Å². The van der Waals surface area contributed by atoms with Crippen molar-refractivity contribution in [3.8, 4) is 0 Å². The lowest BCUT2D eigenvalue weighted by Crippen LogP contribution is -2.37. The van der Waals surface area contributed by atoms with Crippen LogP contribution in [0.1, 0.15) is 200 Å². The van der Waals surface area contributed by atoms with Crippen molar-refractivity contribution in [2.24, 2.45) is 0 Å². The number of unbranched alkanes of at least 4 members (excludes halogenated alkanes) is 24. The lowest BCUT2D eigenvalue weighted by molar-refractivity contribution is -0.870. The highest BCUT2D eigenvalue weighted by Crippen LogP contribution is 2.42. The van der Waals surface area contributed by atoms with Gasteiger partial charge in [-0.15, -0.1) is 0 Å². The molecule has 0 fully saturated rings. The quantitative estimate of drug-likeness (QED) is 0.0292. The Bertz CT molecular complexity index is 832. The molecule has 0 aromatic heterocycles. The van der Waals surface area contributed by atoms with Crippen molar-refractivity contribution in [2.45, 2.75) is 206 Å². The van der Waals surface area contributed by atoms with Crippen molar-refractivity contribution in [1.29, 1.82) is 0 Å². The Morgan fingerprint density at radius 2 is 0.940 bits per heavy atom. The number of nitrogens with zero attached hydrogens (tertiary/aromatic N) is 1. The maximum Gasteiger partial charge on any atom is 0.328 e. The minimum absolute atomic E-state index is 0.0967. The molecule has 0 bridgehead atoms. The van der Waals surface area contributed by atoms with Gasteiger partial charge in [0, 0.05) is 12.8 Å². The zero-order valence-corrected chi connectivity index (χ0v) is 34.6. The summed E-state index contributed by atoms with van der Waals surface area (Å²) < 4.78 is 29.8. The van der Waals surface area contributed by atoms with E-state index in [1.165, 1.54) is 128 Å². The molecule has 0 rings (SSSR count). The summed E-state index contributed by atoms with van der Waals surface area (Å²) in [6.45, 7) is 5.17. The van der Waals surface area contributed by atoms with Crippen molar-refractivity contribution in [2.75, 3.05) is 47.1 Å². The highest BCUT2D eigenvalue weighted by atomic mass is 31.2. The van der Waals surface area contributed by atoms with Gasteiger partial charge in [-0.1, -0.05) is 168 Å². The van der Waals surface area contributed by atoms with E-state index in [0.29, 0.717) is 23.9 Å². The number of carbonyl (C=O) groups is 2. The van der Waals surface area contributed by atoms with E-state index in [4.69, 9.17) is 14.0 Å². The minimum Gasteiger partial charge on any atom is -0.462 e. The van der Waals surface area contributed by atoms with Crippen LogP contribution in [-0.2, 0) is 28.2 Å². The molecule has 2 unspecified atom stereocenters. The third kappa shape index (κ3) is 36.8. The Morgan fingerprint density at radius 1 is 0.580 bits per heavy atom. The predicted octanol–water partition coefficient (Wildman–Crippen LogP) is 11.7. The number of hydrogen-bond donors (Lipinski definition) is 1. The summed E-state index contributed by atoms with van der Waals surface area (Å²) in [6, 6.07) is 0. The van der Waals surface area contributed by atoms with E-state index in [1.807, 2.05) is 21.1 Å². The highest BCUT2D eigenvalue weighted by molar-refractivity contribution is 7.52. The first kappa shape index (κ1) is 49.0. The minimum atomic E-state index is -3.86. The highest BCUT2D eigenvalue weighted by Gasteiger charge is 2.25. The number of esters is 2. The maximum absolute atomic E-state index is 12.7. The number of ether oxygens (including phenoxy) is 2. The van der Waals surface area contributed by atoms with Crippen LogP contribution in [0.25, 0.3) is 0 Å². The van der Waals surface area contributed by atoms with Crippen LogP contribution in [0.3, 0.4) is 0 Å². The first-order chi connectivity index (χ1) is 24.0. The lowest BCUT2D eigenvalue weighted by Gasteiger charge is -2.24. The fourth-order valence-electron chi connectivity index (χ4n) is 6.08. The van der Waals surface area contributed by atoms with E-state index in [2.05, 4.69) is 13.8 Å². The lowest BCUT2D eigenvalue weighted by atomic mass is 10.0. The van der Waals surface area contributed by atoms with Gasteiger partial charge in [-0.25, -0.2) is 0 Å². The molecule has 0 aliphatic rings. The third-order valence-corrected chi connectivity index (χ3v) is 10.9. The largest absolute Gasteiger partial charge is 0.462 e. The van der Waals surface area contributed by atoms with Gasteiger partial charge < -0.3 is 23.4 Å². The molecule has 1 N–H and O–H groups in total. The monoisotopic (exact) mass is 733 g/mol. The van der Waals surface area contributed by atoms with Gasteiger partial charge in [-0.2, -0.15) is 0 Å². The summed E-state index contributed by atoms with van der Waals surface area (Å²) in [5.74, 6) is -0.652. The van der Waals surface area contributed by atoms with E-state index < -0.39 is 13.7 Å². The fraction of sp³-hybridized carbons (Fsp3) is 0.951. The molecule has 298 valence electrons.